The zero-order valence-corrected chi connectivity index (χ0v) is 15.8. The Bertz CT molecular complexity index is 1290. The highest BCUT2D eigenvalue weighted by Gasteiger charge is 2.37. The molecule has 1 aliphatic rings. The predicted octanol–water partition coefficient (Wildman–Crippen LogP) is 4.08. The molecule has 0 saturated heterocycles. The molecule has 29 heavy (non-hydrogen) atoms. The summed E-state index contributed by atoms with van der Waals surface area (Å²) in [5.41, 5.74) is 7.14. The minimum Gasteiger partial charge on any atom is -0.438 e. The van der Waals surface area contributed by atoms with Gasteiger partial charge in [-0.25, -0.2) is 0 Å². The minimum atomic E-state index is -0.837. The number of fused-ring (bicyclic) bond motifs is 3. The summed E-state index contributed by atoms with van der Waals surface area (Å²) in [5.74, 6) is -0.905. The number of carbonyl (C=O) groups excluding carboxylic acids is 1. The first-order chi connectivity index (χ1) is 13.8. The number of nitro benzene ring substituents is 1. The quantitative estimate of drug-likeness (QED) is 0.503. The lowest BCUT2D eigenvalue weighted by Gasteiger charge is -2.25. The molecule has 0 amide bonds. The average Bonchev–Trinajstić information content (AvgIpc) is 3.01. The SMILES string of the molecule is CC(=O)n1c2c(c3ccccc31)OC(N)=C(C#N)[C@H]2c1ccc(Cl)c([N+](=O)[O-])c1. The number of nitriles is 1. The molecule has 0 aliphatic carbocycles. The molecule has 0 saturated carbocycles. The molecule has 1 aliphatic heterocycles. The van der Waals surface area contributed by atoms with Crippen molar-refractivity contribution in [1.82, 2.24) is 4.57 Å². The van der Waals surface area contributed by atoms with Crippen LogP contribution in [0, 0.1) is 21.4 Å². The first-order valence-corrected chi connectivity index (χ1v) is 8.88. The van der Waals surface area contributed by atoms with Crippen molar-refractivity contribution in [1.29, 1.82) is 5.26 Å². The van der Waals surface area contributed by atoms with Crippen molar-refractivity contribution < 1.29 is 14.5 Å². The standard InChI is InChI=1S/C20H13ClN4O4/c1-10(26)24-15-5-3-2-4-12(15)19-18(24)17(13(9-22)20(23)29-19)11-6-7-14(21)16(8-11)25(27)28/h2-8,17H,23H2,1H3/t17-/m1/s1. The second-order valence-corrected chi connectivity index (χ2v) is 6.89. The molecular formula is C20H13ClN4O4. The zero-order chi connectivity index (χ0) is 20.9. The number of para-hydroxylation sites is 1. The number of hydrogen-bond acceptors (Lipinski definition) is 6. The number of nitrogens with zero attached hydrogens (tertiary/aromatic N) is 3. The van der Waals surface area contributed by atoms with Crippen LogP contribution < -0.4 is 10.5 Å². The van der Waals surface area contributed by atoms with E-state index in [0.717, 1.165) is 0 Å². The molecule has 3 aromatic rings. The zero-order valence-electron chi connectivity index (χ0n) is 15.0. The average molecular weight is 409 g/mol. The van der Waals surface area contributed by atoms with Crippen molar-refractivity contribution in [3.63, 3.8) is 0 Å². The highest BCUT2D eigenvalue weighted by atomic mass is 35.5. The molecule has 2 heterocycles. The van der Waals surface area contributed by atoms with E-state index in [9.17, 15) is 20.2 Å². The van der Waals surface area contributed by atoms with Crippen molar-refractivity contribution in [2.75, 3.05) is 0 Å². The van der Waals surface area contributed by atoms with Crippen LogP contribution in [-0.2, 0) is 0 Å². The molecule has 9 heteroatoms. The lowest BCUT2D eigenvalue weighted by Crippen LogP contribution is -2.24. The Kier molecular flexibility index (Phi) is 4.25. The maximum absolute atomic E-state index is 12.5. The third-order valence-corrected chi connectivity index (χ3v) is 5.16. The number of carbonyl (C=O) groups is 1. The van der Waals surface area contributed by atoms with E-state index in [-0.39, 0.29) is 28.1 Å². The Balaban J connectivity index is 2.10. The third kappa shape index (κ3) is 2.71. The van der Waals surface area contributed by atoms with Crippen LogP contribution in [0.25, 0.3) is 10.9 Å². The van der Waals surface area contributed by atoms with Gasteiger partial charge < -0.3 is 10.5 Å². The van der Waals surface area contributed by atoms with Crippen LogP contribution in [0.5, 0.6) is 5.75 Å². The Hall–Kier alpha value is -3.83. The van der Waals surface area contributed by atoms with Crippen LogP contribution in [0.3, 0.4) is 0 Å². The fourth-order valence-electron chi connectivity index (χ4n) is 3.67. The molecule has 4 rings (SSSR count). The maximum Gasteiger partial charge on any atom is 0.288 e. The summed E-state index contributed by atoms with van der Waals surface area (Å²) in [5, 5.41) is 21.7. The first kappa shape index (κ1) is 18.5. The number of allylic oxidation sites excluding steroid dienone is 1. The molecule has 0 fully saturated rings. The lowest BCUT2D eigenvalue weighted by molar-refractivity contribution is -0.384. The van der Waals surface area contributed by atoms with Crippen molar-refractivity contribution in [3.05, 3.63) is 80.3 Å². The number of ether oxygens (including phenoxy) is 1. The third-order valence-electron chi connectivity index (χ3n) is 4.84. The number of nitrogens with two attached hydrogens (primary N) is 1. The molecule has 1 atom stereocenters. The van der Waals surface area contributed by atoms with E-state index in [1.165, 1.54) is 23.6 Å². The summed E-state index contributed by atoms with van der Waals surface area (Å²) >= 11 is 5.95. The van der Waals surface area contributed by atoms with Gasteiger partial charge in [-0.1, -0.05) is 29.8 Å². The summed E-state index contributed by atoms with van der Waals surface area (Å²) in [6, 6.07) is 13.4. The van der Waals surface area contributed by atoms with Gasteiger partial charge in [-0.2, -0.15) is 5.26 Å². The highest BCUT2D eigenvalue weighted by Crippen LogP contribution is 2.48. The van der Waals surface area contributed by atoms with Gasteiger partial charge in [-0.3, -0.25) is 19.5 Å². The van der Waals surface area contributed by atoms with E-state index in [4.69, 9.17) is 22.1 Å². The molecule has 2 aromatic carbocycles. The van der Waals surface area contributed by atoms with Gasteiger partial charge in [-0.15, -0.1) is 0 Å². The lowest BCUT2D eigenvalue weighted by atomic mass is 9.86. The number of benzene rings is 2. The molecule has 144 valence electrons. The summed E-state index contributed by atoms with van der Waals surface area (Å²) < 4.78 is 7.18. The van der Waals surface area contributed by atoms with Gasteiger partial charge in [0, 0.05) is 18.4 Å². The molecule has 0 unspecified atom stereocenters. The second-order valence-electron chi connectivity index (χ2n) is 6.48. The fourth-order valence-corrected chi connectivity index (χ4v) is 3.86. The molecule has 0 radical (unpaired) electrons. The van der Waals surface area contributed by atoms with E-state index in [2.05, 4.69) is 0 Å². The molecule has 0 spiro atoms. The van der Waals surface area contributed by atoms with E-state index in [1.807, 2.05) is 6.07 Å². The molecule has 2 N–H and O–H groups in total. The second kappa shape index (κ2) is 6.65. The monoisotopic (exact) mass is 408 g/mol. The largest absolute Gasteiger partial charge is 0.438 e. The number of rotatable bonds is 2. The number of hydrogen-bond donors (Lipinski definition) is 1. The van der Waals surface area contributed by atoms with E-state index in [1.54, 1.807) is 30.3 Å². The Labute approximate surface area is 169 Å². The van der Waals surface area contributed by atoms with Gasteiger partial charge in [0.1, 0.15) is 16.7 Å². The van der Waals surface area contributed by atoms with Crippen molar-refractivity contribution in [2.24, 2.45) is 5.73 Å². The van der Waals surface area contributed by atoms with Crippen LogP contribution in [0.1, 0.15) is 28.9 Å². The van der Waals surface area contributed by atoms with E-state index >= 15 is 0 Å². The van der Waals surface area contributed by atoms with Crippen molar-refractivity contribution in [2.45, 2.75) is 12.8 Å². The normalized spacial score (nSPS) is 15.6. The Morgan fingerprint density at radius 1 is 1.34 bits per heavy atom. The van der Waals surface area contributed by atoms with Crippen LogP contribution in [0.4, 0.5) is 5.69 Å². The summed E-state index contributed by atoms with van der Waals surface area (Å²) in [6.45, 7) is 1.39. The summed E-state index contributed by atoms with van der Waals surface area (Å²) in [7, 11) is 0. The van der Waals surface area contributed by atoms with E-state index in [0.29, 0.717) is 27.9 Å². The van der Waals surface area contributed by atoms with Gasteiger partial charge in [0.15, 0.2) is 5.75 Å². The van der Waals surface area contributed by atoms with Gasteiger partial charge in [0.25, 0.3) is 5.69 Å². The van der Waals surface area contributed by atoms with Gasteiger partial charge in [0.2, 0.25) is 11.8 Å². The van der Waals surface area contributed by atoms with Gasteiger partial charge in [0.05, 0.1) is 22.1 Å². The maximum atomic E-state index is 12.5. The van der Waals surface area contributed by atoms with Crippen LogP contribution in [0.15, 0.2) is 53.9 Å². The predicted molar refractivity (Wildman–Crippen MR) is 106 cm³/mol. The minimum absolute atomic E-state index is 0.0337. The number of aromatic nitrogens is 1. The highest BCUT2D eigenvalue weighted by molar-refractivity contribution is 6.32. The van der Waals surface area contributed by atoms with Gasteiger partial charge >= 0.3 is 0 Å². The van der Waals surface area contributed by atoms with Crippen LogP contribution >= 0.6 is 11.6 Å². The smallest absolute Gasteiger partial charge is 0.288 e. The fraction of sp³-hybridized carbons (Fsp3) is 0.100. The first-order valence-electron chi connectivity index (χ1n) is 8.50. The number of halogens is 1. The van der Waals surface area contributed by atoms with E-state index < -0.39 is 10.8 Å². The van der Waals surface area contributed by atoms with Crippen molar-refractivity contribution >= 4 is 34.1 Å². The Morgan fingerprint density at radius 2 is 2.07 bits per heavy atom. The molecule has 1 aromatic heterocycles. The Morgan fingerprint density at radius 3 is 2.72 bits per heavy atom. The molecular weight excluding hydrogens is 396 g/mol. The van der Waals surface area contributed by atoms with Crippen LogP contribution in [-0.4, -0.2) is 15.4 Å². The topological polar surface area (TPSA) is 124 Å². The molecule has 8 nitrogen and oxygen atoms in total. The number of nitro groups is 1. The molecule has 0 bridgehead atoms. The van der Waals surface area contributed by atoms with Gasteiger partial charge in [-0.05, 0) is 23.8 Å². The van der Waals surface area contributed by atoms with Crippen LogP contribution in [0.2, 0.25) is 5.02 Å². The van der Waals surface area contributed by atoms with Crippen molar-refractivity contribution in [3.8, 4) is 11.8 Å². The summed E-state index contributed by atoms with van der Waals surface area (Å²) in [6.07, 6.45) is 0. The summed E-state index contributed by atoms with van der Waals surface area (Å²) in [4.78, 5) is 23.3.